The molecule has 1 N–H and O–H groups in total. The van der Waals surface area contributed by atoms with E-state index < -0.39 is 0 Å². The van der Waals surface area contributed by atoms with Crippen molar-refractivity contribution in [1.82, 2.24) is 10.2 Å². The number of rotatable bonds is 3. The minimum atomic E-state index is 0.387. The molecule has 0 radical (unpaired) electrons. The molecule has 0 spiro atoms. The molecule has 90 valence electrons. The summed E-state index contributed by atoms with van der Waals surface area (Å²) >= 11 is 0. The highest BCUT2D eigenvalue weighted by Crippen LogP contribution is 2.23. The number of nitrogens with one attached hydrogen (secondary N) is 1. The lowest BCUT2D eigenvalue weighted by atomic mass is 9.84. The van der Waals surface area contributed by atoms with E-state index in [-0.39, 0.29) is 0 Å². The normalized spacial score (nSPS) is 23.0. The lowest BCUT2D eigenvalue weighted by molar-refractivity contribution is 0.183. The van der Waals surface area contributed by atoms with Gasteiger partial charge >= 0.3 is 0 Å². The average molecular weight is 212 g/mol. The minimum Gasteiger partial charge on any atom is -0.311 e. The van der Waals surface area contributed by atoms with Gasteiger partial charge in [-0.15, -0.1) is 0 Å². The molecule has 15 heavy (non-hydrogen) atoms. The fourth-order valence-electron chi connectivity index (χ4n) is 2.44. The number of piperidine rings is 1. The summed E-state index contributed by atoms with van der Waals surface area (Å²) in [6.45, 7) is 11.8. The lowest BCUT2D eigenvalue weighted by Gasteiger charge is -2.37. The van der Waals surface area contributed by atoms with Crippen molar-refractivity contribution >= 4 is 0 Å². The largest absolute Gasteiger partial charge is 0.311 e. The van der Waals surface area contributed by atoms with Crippen LogP contribution in [-0.2, 0) is 0 Å². The maximum absolute atomic E-state index is 3.84. The van der Waals surface area contributed by atoms with Crippen molar-refractivity contribution in [3.8, 4) is 0 Å². The molecular weight excluding hydrogens is 184 g/mol. The van der Waals surface area contributed by atoms with Gasteiger partial charge in [0.15, 0.2) is 0 Å². The zero-order valence-electron chi connectivity index (χ0n) is 11.1. The summed E-state index contributed by atoms with van der Waals surface area (Å²) in [7, 11) is 2.22. The number of hydrogen-bond acceptors (Lipinski definition) is 2. The summed E-state index contributed by atoms with van der Waals surface area (Å²) < 4.78 is 0. The Balaban J connectivity index is 2.39. The quantitative estimate of drug-likeness (QED) is 0.773. The molecule has 1 aliphatic rings. The van der Waals surface area contributed by atoms with Crippen LogP contribution in [-0.4, -0.2) is 37.1 Å². The second kappa shape index (κ2) is 5.31. The van der Waals surface area contributed by atoms with Gasteiger partial charge in [0.2, 0.25) is 0 Å². The first-order valence-corrected chi connectivity index (χ1v) is 6.38. The fraction of sp³-hybridized carbons (Fsp3) is 1.00. The summed E-state index contributed by atoms with van der Waals surface area (Å²) in [6.07, 6.45) is 3.85. The Morgan fingerprint density at radius 3 is 2.20 bits per heavy atom. The van der Waals surface area contributed by atoms with Crippen molar-refractivity contribution in [2.24, 2.45) is 5.41 Å². The SMILES string of the molecule is CCC(NC1CCN(C)CC1)C(C)(C)C. The number of likely N-dealkylation sites (tertiary alicyclic amines) is 1. The number of nitrogens with zero attached hydrogens (tertiary/aromatic N) is 1. The van der Waals surface area contributed by atoms with Gasteiger partial charge in [-0.25, -0.2) is 0 Å². The summed E-state index contributed by atoms with van der Waals surface area (Å²) in [6, 6.07) is 1.40. The highest BCUT2D eigenvalue weighted by Gasteiger charge is 2.26. The zero-order valence-corrected chi connectivity index (χ0v) is 11.1. The third kappa shape index (κ3) is 4.12. The van der Waals surface area contributed by atoms with E-state index in [1.54, 1.807) is 0 Å². The van der Waals surface area contributed by atoms with Crippen LogP contribution >= 0.6 is 0 Å². The highest BCUT2D eigenvalue weighted by molar-refractivity contribution is 4.85. The van der Waals surface area contributed by atoms with E-state index >= 15 is 0 Å². The lowest BCUT2D eigenvalue weighted by Crippen LogP contribution is -2.49. The molecule has 1 fully saturated rings. The Morgan fingerprint density at radius 2 is 1.80 bits per heavy atom. The Morgan fingerprint density at radius 1 is 1.27 bits per heavy atom. The van der Waals surface area contributed by atoms with Crippen LogP contribution in [0.4, 0.5) is 0 Å². The van der Waals surface area contributed by atoms with Crippen LogP contribution in [0.2, 0.25) is 0 Å². The molecular formula is C13H28N2. The van der Waals surface area contributed by atoms with E-state index in [9.17, 15) is 0 Å². The van der Waals surface area contributed by atoms with E-state index in [0.29, 0.717) is 11.5 Å². The molecule has 0 aromatic carbocycles. The van der Waals surface area contributed by atoms with Crippen LogP contribution in [0.5, 0.6) is 0 Å². The summed E-state index contributed by atoms with van der Waals surface area (Å²) in [4.78, 5) is 2.43. The van der Waals surface area contributed by atoms with E-state index in [4.69, 9.17) is 0 Å². The van der Waals surface area contributed by atoms with Crippen LogP contribution in [0.25, 0.3) is 0 Å². The smallest absolute Gasteiger partial charge is 0.0116 e. The van der Waals surface area contributed by atoms with Crippen LogP contribution < -0.4 is 5.32 Å². The Hall–Kier alpha value is -0.0800. The maximum atomic E-state index is 3.84. The molecule has 0 aliphatic carbocycles. The second-order valence-corrected chi connectivity index (χ2v) is 6.07. The molecule has 1 unspecified atom stereocenters. The van der Waals surface area contributed by atoms with Gasteiger partial charge in [-0.3, -0.25) is 0 Å². The monoisotopic (exact) mass is 212 g/mol. The topological polar surface area (TPSA) is 15.3 Å². The first-order chi connectivity index (χ1) is 6.93. The summed E-state index contributed by atoms with van der Waals surface area (Å²) in [5.41, 5.74) is 0.387. The predicted molar refractivity (Wildman–Crippen MR) is 67.2 cm³/mol. The van der Waals surface area contributed by atoms with Crippen molar-refractivity contribution in [2.75, 3.05) is 20.1 Å². The minimum absolute atomic E-state index is 0.387. The van der Waals surface area contributed by atoms with Crippen molar-refractivity contribution in [1.29, 1.82) is 0 Å². The van der Waals surface area contributed by atoms with Crippen molar-refractivity contribution in [3.05, 3.63) is 0 Å². The molecule has 2 nitrogen and oxygen atoms in total. The van der Waals surface area contributed by atoms with E-state index in [1.807, 2.05) is 0 Å². The Bertz CT molecular complexity index is 175. The molecule has 1 rings (SSSR count). The van der Waals surface area contributed by atoms with Gasteiger partial charge in [0.05, 0.1) is 0 Å². The highest BCUT2D eigenvalue weighted by atomic mass is 15.1. The third-order valence-corrected chi connectivity index (χ3v) is 3.61. The van der Waals surface area contributed by atoms with E-state index in [1.165, 1.54) is 32.4 Å². The van der Waals surface area contributed by atoms with Gasteiger partial charge in [0.1, 0.15) is 0 Å². The number of hydrogen-bond donors (Lipinski definition) is 1. The molecule has 0 aromatic heterocycles. The van der Waals surface area contributed by atoms with Crippen LogP contribution in [0.3, 0.4) is 0 Å². The van der Waals surface area contributed by atoms with E-state index in [2.05, 4.69) is 45.0 Å². The third-order valence-electron chi connectivity index (χ3n) is 3.61. The van der Waals surface area contributed by atoms with Crippen molar-refractivity contribution in [3.63, 3.8) is 0 Å². The Labute approximate surface area is 95.4 Å². The molecule has 1 saturated heterocycles. The maximum Gasteiger partial charge on any atom is 0.0116 e. The molecule has 0 saturated carbocycles. The van der Waals surface area contributed by atoms with Gasteiger partial charge in [-0.05, 0) is 44.8 Å². The van der Waals surface area contributed by atoms with Gasteiger partial charge < -0.3 is 10.2 Å². The van der Waals surface area contributed by atoms with Gasteiger partial charge in [0, 0.05) is 12.1 Å². The zero-order chi connectivity index (χ0) is 11.5. The molecule has 1 heterocycles. The fourth-order valence-corrected chi connectivity index (χ4v) is 2.44. The molecule has 0 bridgehead atoms. The summed E-state index contributed by atoms with van der Waals surface area (Å²) in [5.74, 6) is 0. The van der Waals surface area contributed by atoms with Crippen LogP contribution in [0, 0.1) is 5.41 Å². The van der Waals surface area contributed by atoms with Crippen LogP contribution in [0.1, 0.15) is 47.0 Å². The molecule has 0 aromatic rings. The van der Waals surface area contributed by atoms with Gasteiger partial charge in [-0.2, -0.15) is 0 Å². The molecule has 1 aliphatic heterocycles. The van der Waals surface area contributed by atoms with Crippen LogP contribution in [0.15, 0.2) is 0 Å². The average Bonchev–Trinajstić information content (AvgIpc) is 2.15. The van der Waals surface area contributed by atoms with E-state index in [0.717, 1.165) is 6.04 Å². The van der Waals surface area contributed by atoms with Crippen molar-refractivity contribution in [2.45, 2.75) is 59.0 Å². The second-order valence-electron chi connectivity index (χ2n) is 6.07. The van der Waals surface area contributed by atoms with Gasteiger partial charge in [-0.1, -0.05) is 27.7 Å². The summed E-state index contributed by atoms with van der Waals surface area (Å²) in [5, 5.41) is 3.84. The first-order valence-electron chi connectivity index (χ1n) is 6.38. The predicted octanol–water partition coefficient (Wildman–Crippen LogP) is 2.49. The Kier molecular flexibility index (Phi) is 4.60. The van der Waals surface area contributed by atoms with Gasteiger partial charge in [0.25, 0.3) is 0 Å². The standard InChI is InChI=1S/C13H28N2/c1-6-12(13(2,3)4)14-11-7-9-15(5)10-8-11/h11-12,14H,6-10H2,1-5H3. The molecule has 0 amide bonds. The molecule has 1 atom stereocenters. The van der Waals surface area contributed by atoms with Crippen molar-refractivity contribution < 1.29 is 0 Å². The molecule has 2 heteroatoms. The first kappa shape index (κ1) is 13.0.